The molecule has 0 saturated heterocycles. The Labute approximate surface area is 222 Å². The Kier molecular flexibility index (Phi) is 25.0. The van der Waals surface area contributed by atoms with E-state index in [0.29, 0.717) is 12.2 Å². The molecule has 0 aliphatic rings. The summed E-state index contributed by atoms with van der Waals surface area (Å²) in [6.45, 7) is 10.2. The largest absolute Gasteiger partial charge is 0.462 e. The summed E-state index contributed by atoms with van der Waals surface area (Å²) >= 11 is 0. The summed E-state index contributed by atoms with van der Waals surface area (Å²) in [6.07, 6.45) is 19.9. The number of esters is 1. The lowest BCUT2D eigenvalue weighted by molar-refractivity contribution is -0.139. The standard InChI is InChI=1S/C30H58O6/c1-5-6-7-8-9-10-11-12-13-14-15-16-17-18-19-20-21-34-30(33)26(2)22-29(23-31)36-25-28(4)35-24-27(3)32/h27-29,31-32H,2,5-25H2,1,3-4H3. The fourth-order valence-corrected chi connectivity index (χ4v) is 4.07. The predicted octanol–water partition coefficient (Wildman–Crippen LogP) is 6.90. The van der Waals surface area contributed by atoms with E-state index in [9.17, 15) is 15.0 Å². The van der Waals surface area contributed by atoms with Gasteiger partial charge in [-0.15, -0.1) is 0 Å². The SMILES string of the molecule is C=C(CC(CO)OCC(C)OCC(C)O)C(=O)OCCCCCCCCCCCCCCCCCC. The molecule has 0 aromatic heterocycles. The van der Waals surface area contributed by atoms with Gasteiger partial charge >= 0.3 is 5.97 Å². The van der Waals surface area contributed by atoms with E-state index >= 15 is 0 Å². The molecule has 0 aromatic carbocycles. The number of hydrogen-bond acceptors (Lipinski definition) is 6. The topological polar surface area (TPSA) is 85.2 Å². The number of unbranched alkanes of at least 4 members (excludes halogenated alkanes) is 15. The quantitative estimate of drug-likeness (QED) is 0.0704. The molecule has 6 heteroatoms. The van der Waals surface area contributed by atoms with E-state index in [0.717, 1.165) is 12.8 Å². The van der Waals surface area contributed by atoms with Crippen molar-refractivity contribution in [3.8, 4) is 0 Å². The van der Waals surface area contributed by atoms with Crippen molar-refractivity contribution >= 4 is 5.97 Å². The van der Waals surface area contributed by atoms with Gasteiger partial charge in [0.15, 0.2) is 0 Å². The number of ether oxygens (including phenoxy) is 3. The molecule has 0 bridgehead atoms. The zero-order chi connectivity index (χ0) is 26.9. The minimum Gasteiger partial charge on any atom is -0.462 e. The fourth-order valence-electron chi connectivity index (χ4n) is 4.07. The van der Waals surface area contributed by atoms with Crippen LogP contribution in [-0.4, -0.2) is 60.9 Å². The maximum Gasteiger partial charge on any atom is 0.333 e. The second-order valence-electron chi connectivity index (χ2n) is 10.4. The molecule has 0 heterocycles. The molecule has 0 amide bonds. The first-order valence-electron chi connectivity index (χ1n) is 14.8. The van der Waals surface area contributed by atoms with Crippen molar-refractivity contribution in [1.29, 1.82) is 0 Å². The van der Waals surface area contributed by atoms with Crippen LogP contribution >= 0.6 is 0 Å². The van der Waals surface area contributed by atoms with Gasteiger partial charge in [0, 0.05) is 12.0 Å². The van der Waals surface area contributed by atoms with Crippen LogP contribution in [0.25, 0.3) is 0 Å². The number of aliphatic hydroxyl groups is 2. The predicted molar refractivity (Wildman–Crippen MR) is 148 cm³/mol. The summed E-state index contributed by atoms with van der Waals surface area (Å²) in [4.78, 5) is 12.2. The van der Waals surface area contributed by atoms with E-state index < -0.39 is 18.2 Å². The Morgan fingerprint density at radius 2 is 1.22 bits per heavy atom. The van der Waals surface area contributed by atoms with E-state index in [4.69, 9.17) is 14.2 Å². The van der Waals surface area contributed by atoms with Gasteiger partial charge in [0.25, 0.3) is 0 Å². The number of aliphatic hydroxyl groups excluding tert-OH is 2. The van der Waals surface area contributed by atoms with Crippen LogP contribution in [0, 0.1) is 0 Å². The first kappa shape index (κ1) is 35.0. The van der Waals surface area contributed by atoms with Gasteiger partial charge in [0.1, 0.15) is 0 Å². The Morgan fingerprint density at radius 3 is 1.67 bits per heavy atom. The lowest BCUT2D eigenvalue weighted by atomic mass is 10.0. The highest BCUT2D eigenvalue weighted by Gasteiger charge is 2.17. The van der Waals surface area contributed by atoms with Crippen LogP contribution in [0.4, 0.5) is 0 Å². The molecular formula is C30H58O6. The highest BCUT2D eigenvalue weighted by Crippen LogP contribution is 2.14. The van der Waals surface area contributed by atoms with Crippen LogP contribution in [0.3, 0.4) is 0 Å². The molecule has 0 aliphatic heterocycles. The molecule has 36 heavy (non-hydrogen) atoms. The normalized spacial score (nSPS) is 13.9. The molecule has 0 fully saturated rings. The fraction of sp³-hybridized carbons (Fsp3) is 0.900. The van der Waals surface area contributed by atoms with E-state index in [1.807, 2.05) is 6.92 Å². The van der Waals surface area contributed by atoms with Crippen molar-refractivity contribution in [1.82, 2.24) is 0 Å². The number of carbonyl (C=O) groups is 1. The highest BCUT2D eigenvalue weighted by atomic mass is 16.5. The number of carbonyl (C=O) groups excluding carboxylic acids is 1. The number of hydrogen-bond donors (Lipinski definition) is 2. The lowest BCUT2D eigenvalue weighted by Crippen LogP contribution is -2.27. The summed E-state index contributed by atoms with van der Waals surface area (Å²) < 4.78 is 16.4. The molecule has 0 rings (SSSR count). The molecule has 3 atom stereocenters. The highest BCUT2D eigenvalue weighted by molar-refractivity contribution is 5.87. The van der Waals surface area contributed by atoms with Gasteiger partial charge in [-0.3, -0.25) is 0 Å². The van der Waals surface area contributed by atoms with Gasteiger partial charge in [-0.2, -0.15) is 0 Å². The van der Waals surface area contributed by atoms with Gasteiger partial charge in [-0.1, -0.05) is 110 Å². The summed E-state index contributed by atoms with van der Waals surface area (Å²) in [5, 5.41) is 18.8. The van der Waals surface area contributed by atoms with Crippen LogP contribution in [0.1, 0.15) is 130 Å². The summed E-state index contributed by atoms with van der Waals surface area (Å²) in [5.74, 6) is -0.420. The zero-order valence-corrected chi connectivity index (χ0v) is 23.8. The molecule has 3 unspecified atom stereocenters. The monoisotopic (exact) mass is 514 g/mol. The van der Waals surface area contributed by atoms with E-state index in [-0.39, 0.29) is 32.3 Å². The molecule has 0 aliphatic carbocycles. The van der Waals surface area contributed by atoms with Crippen LogP contribution in [0.5, 0.6) is 0 Å². The maximum absolute atomic E-state index is 12.2. The third kappa shape index (κ3) is 23.4. The molecular weight excluding hydrogens is 456 g/mol. The summed E-state index contributed by atoms with van der Waals surface area (Å²) in [7, 11) is 0. The molecule has 6 nitrogen and oxygen atoms in total. The van der Waals surface area contributed by atoms with Crippen molar-refractivity contribution in [2.75, 3.05) is 26.4 Å². The Morgan fingerprint density at radius 1 is 0.750 bits per heavy atom. The van der Waals surface area contributed by atoms with Crippen LogP contribution in [-0.2, 0) is 19.0 Å². The Balaban J connectivity index is 3.58. The van der Waals surface area contributed by atoms with Gasteiger partial charge in [-0.25, -0.2) is 4.79 Å². The minimum absolute atomic E-state index is 0.214. The van der Waals surface area contributed by atoms with Crippen molar-refractivity contribution < 1.29 is 29.2 Å². The molecule has 0 aromatic rings. The van der Waals surface area contributed by atoms with Crippen molar-refractivity contribution in [3.05, 3.63) is 12.2 Å². The summed E-state index contributed by atoms with van der Waals surface area (Å²) in [6, 6.07) is 0. The first-order valence-corrected chi connectivity index (χ1v) is 14.8. The second kappa shape index (κ2) is 25.7. The Hall–Kier alpha value is -0.950. The summed E-state index contributed by atoms with van der Waals surface area (Å²) in [5.41, 5.74) is 0.308. The van der Waals surface area contributed by atoms with Crippen LogP contribution < -0.4 is 0 Å². The van der Waals surface area contributed by atoms with Crippen molar-refractivity contribution in [3.63, 3.8) is 0 Å². The van der Waals surface area contributed by atoms with Crippen LogP contribution in [0.2, 0.25) is 0 Å². The first-order chi connectivity index (χ1) is 17.4. The second-order valence-corrected chi connectivity index (χ2v) is 10.4. The molecule has 0 saturated carbocycles. The average molecular weight is 515 g/mol. The lowest BCUT2D eigenvalue weighted by Gasteiger charge is -2.20. The third-order valence-electron chi connectivity index (χ3n) is 6.39. The van der Waals surface area contributed by atoms with Crippen molar-refractivity contribution in [2.45, 2.75) is 148 Å². The van der Waals surface area contributed by atoms with Crippen molar-refractivity contribution in [2.24, 2.45) is 0 Å². The molecule has 0 spiro atoms. The zero-order valence-electron chi connectivity index (χ0n) is 23.8. The van der Waals surface area contributed by atoms with E-state index in [1.54, 1.807) is 6.92 Å². The van der Waals surface area contributed by atoms with Gasteiger partial charge in [-0.05, 0) is 20.3 Å². The molecule has 214 valence electrons. The average Bonchev–Trinajstić information content (AvgIpc) is 2.86. The third-order valence-corrected chi connectivity index (χ3v) is 6.39. The van der Waals surface area contributed by atoms with Gasteiger partial charge in [0.05, 0.1) is 44.7 Å². The van der Waals surface area contributed by atoms with E-state index in [2.05, 4.69) is 13.5 Å². The van der Waals surface area contributed by atoms with Gasteiger partial charge < -0.3 is 24.4 Å². The van der Waals surface area contributed by atoms with E-state index in [1.165, 1.54) is 89.9 Å². The number of rotatable bonds is 27. The molecule has 2 N–H and O–H groups in total. The minimum atomic E-state index is -0.537. The van der Waals surface area contributed by atoms with Gasteiger partial charge in [0.2, 0.25) is 0 Å². The Bertz CT molecular complexity index is 508. The maximum atomic E-state index is 12.2. The molecule has 0 radical (unpaired) electrons. The smallest absolute Gasteiger partial charge is 0.333 e. The van der Waals surface area contributed by atoms with Crippen LogP contribution in [0.15, 0.2) is 12.2 Å².